The second-order valence-corrected chi connectivity index (χ2v) is 5.04. The maximum Gasteiger partial charge on any atom is 0.187 e. The van der Waals surface area contributed by atoms with E-state index in [1.54, 1.807) is 35.5 Å². The number of hydrogen-bond acceptors (Lipinski definition) is 6. The van der Waals surface area contributed by atoms with Crippen molar-refractivity contribution in [3.8, 4) is 0 Å². The molecule has 2 rings (SSSR count). The molecule has 0 saturated carbocycles. The zero-order chi connectivity index (χ0) is 11.2. The SMILES string of the molecule is CCNc1ncc(CSc2ncccn2)s1. The Balaban J connectivity index is 1.89. The van der Waals surface area contributed by atoms with Gasteiger partial charge in [-0.1, -0.05) is 11.8 Å². The molecule has 0 aliphatic carbocycles. The van der Waals surface area contributed by atoms with Crippen molar-refractivity contribution >= 4 is 28.2 Å². The van der Waals surface area contributed by atoms with Crippen molar-refractivity contribution in [2.24, 2.45) is 0 Å². The first-order valence-corrected chi connectivity index (χ1v) is 6.77. The lowest BCUT2D eigenvalue weighted by molar-refractivity contribution is 0.967. The van der Waals surface area contributed by atoms with Crippen LogP contribution in [-0.4, -0.2) is 21.5 Å². The van der Waals surface area contributed by atoms with Gasteiger partial charge < -0.3 is 5.32 Å². The monoisotopic (exact) mass is 252 g/mol. The molecule has 0 aromatic carbocycles. The highest BCUT2D eigenvalue weighted by atomic mass is 32.2. The van der Waals surface area contributed by atoms with Gasteiger partial charge in [-0.05, 0) is 13.0 Å². The molecule has 0 radical (unpaired) electrons. The molecular formula is C10H12N4S2. The van der Waals surface area contributed by atoms with E-state index in [-0.39, 0.29) is 0 Å². The van der Waals surface area contributed by atoms with E-state index in [2.05, 4.69) is 27.2 Å². The smallest absolute Gasteiger partial charge is 0.187 e. The molecule has 2 heterocycles. The molecule has 0 fully saturated rings. The fraction of sp³-hybridized carbons (Fsp3) is 0.300. The quantitative estimate of drug-likeness (QED) is 0.655. The lowest BCUT2D eigenvalue weighted by atomic mass is 10.6. The zero-order valence-electron chi connectivity index (χ0n) is 8.88. The zero-order valence-corrected chi connectivity index (χ0v) is 10.5. The van der Waals surface area contributed by atoms with E-state index in [4.69, 9.17) is 0 Å². The summed E-state index contributed by atoms with van der Waals surface area (Å²) in [6.07, 6.45) is 5.41. The average Bonchev–Trinajstić information content (AvgIpc) is 2.76. The summed E-state index contributed by atoms with van der Waals surface area (Å²) in [5.41, 5.74) is 0. The molecule has 2 aromatic rings. The number of aromatic nitrogens is 3. The van der Waals surface area contributed by atoms with Crippen LogP contribution in [-0.2, 0) is 5.75 Å². The van der Waals surface area contributed by atoms with Crippen LogP contribution in [0.4, 0.5) is 5.13 Å². The van der Waals surface area contributed by atoms with Crippen molar-refractivity contribution in [3.63, 3.8) is 0 Å². The van der Waals surface area contributed by atoms with Gasteiger partial charge in [-0.15, -0.1) is 11.3 Å². The first-order chi connectivity index (χ1) is 7.88. The second kappa shape index (κ2) is 5.81. The van der Waals surface area contributed by atoms with E-state index in [1.165, 1.54) is 4.88 Å². The number of rotatable bonds is 5. The van der Waals surface area contributed by atoms with Gasteiger partial charge in [0.1, 0.15) is 0 Å². The third-order valence-corrected chi connectivity index (χ3v) is 3.83. The Morgan fingerprint density at radius 2 is 2.12 bits per heavy atom. The third kappa shape index (κ3) is 3.18. The average molecular weight is 252 g/mol. The molecule has 6 heteroatoms. The lowest BCUT2D eigenvalue weighted by Crippen LogP contribution is -1.94. The van der Waals surface area contributed by atoms with Gasteiger partial charge in [0.15, 0.2) is 10.3 Å². The van der Waals surface area contributed by atoms with Gasteiger partial charge >= 0.3 is 0 Å². The highest BCUT2D eigenvalue weighted by molar-refractivity contribution is 7.98. The number of anilines is 1. The van der Waals surface area contributed by atoms with Crippen LogP contribution in [0, 0.1) is 0 Å². The predicted molar refractivity (Wildman–Crippen MR) is 67.9 cm³/mol. The van der Waals surface area contributed by atoms with Crippen LogP contribution in [0.2, 0.25) is 0 Å². The van der Waals surface area contributed by atoms with Gasteiger partial charge in [-0.25, -0.2) is 15.0 Å². The van der Waals surface area contributed by atoms with Gasteiger partial charge in [-0.3, -0.25) is 0 Å². The molecule has 84 valence electrons. The van der Waals surface area contributed by atoms with E-state index in [1.807, 2.05) is 12.3 Å². The molecule has 0 bridgehead atoms. The normalized spacial score (nSPS) is 10.3. The Labute approximate surface area is 103 Å². The summed E-state index contributed by atoms with van der Waals surface area (Å²) in [5, 5.41) is 4.98. The largest absolute Gasteiger partial charge is 0.362 e. The maximum atomic E-state index is 4.27. The van der Waals surface area contributed by atoms with Gasteiger partial charge in [0.2, 0.25) is 0 Å². The second-order valence-electron chi connectivity index (χ2n) is 2.98. The van der Waals surface area contributed by atoms with Gasteiger partial charge in [0.25, 0.3) is 0 Å². The molecule has 2 aromatic heterocycles. The minimum absolute atomic E-state index is 0.806. The Morgan fingerprint density at radius 1 is 1.31 bits per heavy atom. The van der Waals surface area contributed by atoms with Gasteiger partial charge in [0, 0.05) is 35.8 Å². The van der Waals surface area contributed by atoms with Gasteiger partial charge in [-0.2, -0.15) is 0 Å². The van der Waals surface area contributed by atoms with Gasteiger partial charge in [0.05, 0.1) is 0 Å². The molecule has 1 N–H and O–H groups in total. The fourth-order valence-electron chi connectivity index (χ4n) is 1.10. The molecule has 16 heavy (non-hydrogen) atoms. The van der Waals surface area contributed by atoms with E-state index in [9.17, 15) is 0 Å². The highest BCUT2D eigenvalue weighted by Gasteiger charge is 2.02. The van der Waals surface area contributed by atoms with Crippen LogP contribution in [0.25, 0.3) is 0 Å². The summed E-state index contributed by atoms with van der Waals surface area (Å²) < 4.78 is 0. The van der Waals surface area contributed by atoms with Crippen LogP contribution in [0.15, 0.2) is 29.8 Å². The highest BCUT2D eigenvalue weighted by Crippen LogP contribution is 2.25. The summed E-state index contributed by atoms with van der Waals surface area (Å²) >= 11 is 3.30. The van der Waals surface area contributed by atoms with Crippen molar-refractivity contribution in [2.75, 3.05) is 11.9 Å². The van der Waals surface area contributed by atoms with Crippen LogP contribution >= 0.6 is 23.1 Å². The first-order valence-electron chi connectivity index (χ1n) is 4.97. The van der Waals surface area contributed by atoms with Crippen molar-refractivity contribution in [3.05, 3.63) is 29.5 Å². The Kier molecular flexibility index (Phi) is 4.12. The molecule has 0 unspecified atom stereocenters. The number of thioether (sulfide) groups is 1. The summed E-state index contributed by atoms with van der Waals surface area (Å²) in [5.74, 6) is 0.868. The van der Waals surface area contributed by atoms with E-state index in [0.29, 0.717) is 0 Å². The van der Waals surface area contributed by atoms with Crippen LogP contribution in [0.5, 0.6) is 0 Å². The summed E-state index contributed by atoms with van der Waals surface area (Å²) in [7, 11) is 0. The van der Waals surface area contributed by atoms with Crippen LogP contribution in [0.1, 0.15) is 11.8 Å². The minimum Gasteiger partial charge on any atom is -0.362 e. The Morgan fingerprint density at radius 3 is 2.88 bits per heavy atom. The van der Waals surface area contributed by atoms with Crippen LogP contribution < -0.4 is 5.32 Å². The Hall–Kier alpha value is -1.14. The molecule has 0 spiro atoms. The number of hydrogen-bond donors (Lipinski definition) is 1. The fourth-order valence-corrected chi connectivity index (χ4v) is 2.81. The molecule has 4 nitrogen and oxygen atoms in total. The molecule has 0 aliphatic heterocycles. The third-order valence-electron chi connectivity index (χ3n) is 1.77. The van der Waals surface area contributed by atoms with Crippen molar-refractivity contribution in [1.82, 2.24) is 15.0 Å². The van der Waals surface area contributed by atoms with Crippen LogP contribution in [0.3, 0.4) is 0 Å². The first kappa shape index (κ1) is 11.3. The van der Waals surface area contributed by atoms with E-state index in [0.717, 1.165) is 22.6 Å². The standard InChI is InChI=1S/C10H12N4S2/c1-2-11-10-14-6-8(16-10)7-15-9-12-4-3-5-13-9/h3-6H,2,7H2,1H3,(H,11,14). The number of thiazole rings is 1. The van der Waals surface area contributed by atoms with Crippen molar-refractivity contribution in [2.45, 2.75) is 17.8 Å². The summed E-state index contributed by atoms with van der Waals surface area (Å²) in [6.45, 7) is 2.97. The maximum absolute atomic E-state index is 4.27. The molecule has 0 saturated heterocycles. The predicted octanol–water partition coefficient (Wildman–Crippen LogP) is 2.66. The minimum atomic E-state index is 0.806. The molecule has 0 amide bonds. The number of nitrogens with zero attached hydrogens (tertiary/aromatic N) is 3. The molecule has 0 aliphatic rings. The number of nitrogens with one attached hydrogen (secondary N) is 1. The van der Waals surface area contributed by atoms with Crippen molar-refractivity contribution in [1.29, 1.82) is 0 Å². The topological polar surface area (TPSA) is 50.7 Å². The van der Waals surface area contributed by atoms with E-state index < -0.39 is 0 Å². The lowest BCUT2D eigenvalue weighted by Gasteiger charge is -1.96. The molecular weight excluding hydrogens is 240 g/mol. The Bertz CT molecular complexity index is 429. The molecule has 0 atom stereocenters. The summed E-state index contributed by atoms with van der Waals surface area (Å²) in [4.78, 5) is 13.8. The van der Waals surface area contributed by atoms with Crippen molar-refractivity contribution < 1.29 is 0 Å². The summed E-state index contributed by atoms with van der Waals surface area (Å²) in [6, 6.07) is 1.82. The van der Waals surface area contributed by atoms with E-state index >= 15 is 0 Å².